The summed E-state index contributed by atoms with van der Waals surface area (Å²) in [5, 5.41) is 6.23. The molecule has 0 bridgehead atoms. The first-order valence-corrected chi connectivity index (χ1v) is 7.74. The Morgan fingerprint density at radius 1 is 1.26 bits per heavy atom. The number of benzene rings is 1. The van der Waals surface area contributed by atoms with E-state index in [0.29, 0.717) is 18.7 Å². The average molecular weight is 313 g/mol. The number of rotatable bonds is 8. The summed E-state index contributed by atoms with van der Waals surface area (Å²) in [6.45, 7) is 3.30. The van der Waals surface area contributed by atoms with E-state index in [-0.39, 0.29) is 11.9 Å². The Bertz CT molecular complexity index is 617. The van der Waals surface area contributed by atoms with Gasteiger partial charge in [0.05, 0.1) is 11.3 Å². The van der Waals surface area contributed by atoms with E-state index in [1.165, 1.54) is 5.56 Å². The van der Waals surface area contributed by atoms with Gasteiger partial charge in [-0.1, -0.05) is 30.3 Å². The molecule has 5 heteroatoms. The summed E-state index contributed by atoms with van der Waals surface area (Å²) in [6.07, 6.45) is 4.09. The maximum Gasteiger partial charge on any atom is 0.252 e. The van der Waals surface area contributed by atoms with Crippen molar-refractivity contribution in [3.63, 3.8) is 0 Å². The number of aromatic nitrogens is 1. The third-order valence-corrected chi connectivity index (χ3v) is 3.49. The van der Waals surface area contributed by atoms with Crippen molar-refractivity contribution in [3.8, 4) is 0 Å². The van der Waals surface area contributed by atoms with Gasteiger partial charge in [0.25, 0.3) is 5.91 Å². The minimum absolute atomic E-state index is 0.121. The lowest BCUT2D eigenvalue weighted by Gasteiger charge is -2.16. The zero-order chi connectivity index (χ0) is 16.5. The Kier molecular flexibility index (Phi) is 6.56. The fourth-order valence-electron chi connectivity index (χ4n) is 2.24. The van der Waals surface area contributed by atoms with Crippen molar-refractivity contribution < 1.29 is 9.53 Å². The van der Waals surface area contributed by atoms with Gasteiger partial charge in [-0.2, -0.15) is 0 Å². The first kappa shape index (κ1) is 17.0. The number of pyridine rings is 1. The van der Waals surface area contributed by atoms with Gasteiger partial charge in [-0.15, -0.1) is 0 Å². The number of methoxy groups -OCH3 is 1. The second-order valence-corrected chi connectivity index (χ2v) is 5.34. The molecular weight excluding hydrogens is 290 g/mol. The number of nitrogens with one attached hydrogen (secondary N) is 2. The zero-order valence-corrected chi connectivity index (χ0v) is 13.6. The summed E-state index contributed by atoms with van der Waals surface area (Å²) in [4.78, 5) is 16.2. The summed E-state index contributed by atoms with van der Waals surface area (Å²) in [6, 6.07) is 12.1. The molecule has 0 fully saturated rings. The second-order valence-electron chi connectivity index (χ2n) is 5.34. The summed E-state index contributed by atoms with van der Waals surface area (Å²) in [5.74, 6) is -0.121. The van der Waals surface area contributed by atoms with Crippen molar-refractivity contribution in [1.29, 1.82) is 0 Å². The lowest BCUT2D eigenvalue weighted by Crippen LogP contribution is -2.25. The molecule has 2 aromatic rings. The molecular formula is C18H23N3O2. The van der Waals surface area contributed by atoms with Crippen LogP contribution in [0.4, 0.5) is 5.69 Å². The topological polar surface area (TPSA) is 63.2 Å². The molecule has 122 valence electrons. The normalized spacial score (nSPS) is 11.7. The smallest absolute Gasteiger partial charge is 0.252 e. The molecule has 1 aromatic heterocycles. The number of ether oxygens (including phenoxy) is 1. The largest absolute Gasteiger partial charge is 0.385 e. The highest BCUT2D eigenvalue weighted by molar-refractivity contribution is 5.94. The Labute approximate surface area is 137 Å². The van der Waals surface area contributed by atoms with Gasteiger partial charge >= 0.3 is 0 Å². The fraction of sp³-hybridized carbons (Fsp3) is 0.333. The molecule has 0 aliphatic rings. The molecule has 2 N–H and O–H groups in total. The van der Waals surface area contributed by atoms with Crippen molar-refractivity contribution in [1.82, 2.24) is 10.3 Å². The first-order valence-electron chi connectivity index (χ1n) is 7.74. The highest BCUT2D eigenvalue weighted by Crippen LogP contribution is 2.18. The molecule has 0 aliphatic heterocycles. The SMILES string of the molecule is COCCCNC(=O)c1cncc(NC(C)c2ccccc2)c1. The third-order valence-electron chi connectivity index (χ3n) is 3.49. The number of anilines is 1. The maximum absolute atomic E-state index is 12.1. The van der Waals surface area contributed by atoms with Gasteiger partial charge in [0.15, 0.2) is 0 Å². The third kappa shape index (κ3) is 5.38. The lowest BCUT2D eigenvalue weighted by atomic mass is 10.1. The van der Waals surface area contributed by atoms with Gasteiger partial charge in [0.1, 0.15) is 0 Å². The standard InChI is InChI=1S/C18H23N3O2/c1-14(15-7-4-3-5-8-15)21-17-11-16(12-19-13-17)18(22)20-9-6-10-23-2/h3-5,7-8,11-14,21H,6,9-10H2,1-2H3,(H,20,22). The quantitative estimate of drug-likeness (QED) is 0.735. The van der Waals surface area contributed by atoms with Crippen LogP contribution >= 0.6 is 0 Å². The van der Waals surface area contributed by atoms with Crippen LogP contribution in [0.5, 0.6) is 0 Å². The predicted molar refractivity (Wildman–Crippen MR) is 91.5 cm³/mol. The van der Waals surface area contributed by atoms with Gasteiger partial charge < -0.3 is 15.4 Å². The number of hydrogen-bond acceptors (Lipinski definition) is 4. The summed E-state index contributed by atoms with van der Waals surface area (Å²) >= 11 is 0. The van der Waals surface area contributed by atoms with Gasteiger partial charge in [0.2, 0.25) is 0 Å². The molecule has 1 heterocycles. The van der Waals surface area contributed by atoms with Crippen molar-refractivity contribution >= 4 is 11.6 Å². The van der Waals surface area contributed by atoms with Crippen LogP contribution in [0.25, 0.3) is 0 Å². The molecule has 1 aromatic carbocycles. The van der Waals surface area contributed by atoms with E-state index in [9.17, 15) is 4.79 Å². The van der Waals surface area contributed by atoms with Crippen molar-refractivity contribution in [2.24, 2.45) is 0 Å². The van der Waals surface area contributed by atoms with Gasteiger partial charge in [-0.05, 0) is 25.0 Å². The Morgan fingerprint density at radius 2 is 2.04 bits per heavy atom. The second kappa shape index (κ2) is 8.90. The van der Waals surface area contributed by atoms with Crippen LogP contribution in [0.3, 0.4) is 0 Å². The molecule has 1 unspecified atom stereocenters. The number of amides is 1. The average Bonchev–Trinajstić information content (AvgIpc) is 2.59. The molecule has 0 radical (unpaired) electrons. The number of carbonyl (C=O) groups is 1. The van der Waals surface area contributed by atoms with Crippen molar-refractivity contribution in [2.45, 2.75) is 19.4 Å². The van der Waals surface area contributed by atoms with Crippen molar-refractivity contribution in [2.75, 3.05) is 25.6 Å². The van der Waals surface area contributed by atoms with Crippen molar-refractivity contribution in [3.05, 3.63) is 59.9 Å². The van der Waals surface area contributed by atoms with E-state index in [2.05, 4.69) is 34.7 Å². The van der Waals surface area contributed by atoms with E-state index in [1.807, 2.05) is 24.3 Å². The van der Waals surface area contributed by atoms with Crippen LogP contribution in [0, 0.1) is 0 Å². The minimum Gasteiger partial charge on any atom is -0.385 e. The zero-order valence-electron chi connectivity index (χ0n) is 13.6. The number of carbonyl (C=O) groups excluding carboxylic acids is 1. The number of nitrogens with zero attached hydrogens (tertiary/aromatic N) is 1. The van der Waals surface area contributed by atoms with E-state index >= 15 is 0 Å². The van der Waals surface area contributed by atoms with E-state index in [1.54, 1.807) is 19.5 Å². The minimum atomic E-state index is -0.121. The van der Waals surface area contributed by atoms with Crippen LogP contribution in [-0.4, -0.2) is 31.2 Å². The van der Waals surface area contributed by atoms with Crippen LogP contribution in [-0.2, 0) is 4.74 Å². The molecule has 0 spiro atoms. The Hall–Kier alpha value is -2.40. The molecule has 0 aliphatic carbocycles. The van der Waals surface area contributed by atoms with Gasteiger partial charge in [-0.25, -0.2) is 0 Å². The van der Waals surface area contributed by atoms with Crippen LogP contribution in [0.1, 0.15) is 35.3 Å². The molecule has 1 atom stereocenters. The first-order chi connectivity index (χ1) is 11.2. The Morgan fingerprint density at radius 3 is 2.78 bits per heavy atom. The lowest BCUT2D eigenvalue weighted by molar-refractivity contribution is 0.0948. The Balaban J connectivity index is 1.95. The molecule has 5 nitrogen and oxygen atoms in total. The highest BCUT2D eigenvalue weighted by atomic mass is 16.5. The van der Waals surface area contributed by atoms with Crippen LogP contribution < -0.4 is 10.6 Å². The van der Waals surface area contributed by atoms with Gasteiger partial charge in [-0.3, -0.25) is 9.78 Å². The molecule has 2 rings (SSSR count). The summed E-state index contributed by atoms with van der Waals surface area (Å²) < 4.78 is 4.96. The van der Waals surface area contributed by atoms with E-state index in [0.717, 1.165) is 12.1 Å². The fourth-order valence-corrected chi connectivity index (χ4v) is 2.24. The summed E-state index contributed by atoms with van der Waals surface area (Å²) in [7, 11) is 1.65. The summed E-state index contributed by atoms with van der Waals surface area (Å²) in [5.41, 5.74) is 2.56. The number of hydrogen-bond donors (Lipinski definition) is 2. The van der Waals surface area contributed by atoms with Gasteiger partial charge in [0, 0.05) is 38.7 Å². The van der Waals surface area contributed by atoms with E-state index < -0.39 is 0 Å². The maximum atomic E-state index is 12.1. The highest BCUT2D eigenvalue weighted by Gasteiger charge is 2.09. The molecule has 0 saturated carbocycles. The molecule has 0 saturated heterocycles. The van der Waals surface area contributed by atoms with E-state index in [4.69, 9.17) is 4.74 Å². The molecule has 1 amide bonds. The molecule has 23 heavy (non-hydrogen) atoms. The van der Waals surface area contributed by atoms with Crippen LogP contribution in [0.2, 0.25) is 0 Å². The van der Waals surface area contributed by atoms with Crippen LogP contribution in [0.15, 0.2) is 48.8 Å². The monoisotopic (exact) mass is 313 g/mol. The predicted octanol–water partition coefficient (Wildman–Crippen LogP) is 3.02.